The Kier molecular flexibility index (Phi) is 7.10. The minimum absolute atomic E-state index is 0.0679. The molecule has 0 saturated carbocycles. The number of hydrogen-bond donors (Lipinski definition) is 1. The molecule has 1 aliphatic rings. The third-order valence-electron chi connectivity index (χ3n) is 7.33. The highest BCUT2D eigenvalue weighted by molar-refractivity contribution is 6.74. The van der Waals surface area contributed by atoms with Gasteiger partial charge in [0, 0.05) is 19.6 Å². The van der Waals surface area contributed by atoms with E-state index in [4.69, 9.17) is 9.16 Å². The second-order valence-corrected chi connectivity index (χ2v) is 15.6. The lowest BCUT2D eigenvalue weighted by Crippen LogP contribution is -2.56. The molecule has 2 aromatic carbocycles. The van der Waals surface area contributed by atoms with Crippen LogP contribution in [0, 0.1) is 0 Å². The topological polar surface area (TPSA) is 61.2 Å². The smallest absolute Gasteiger partial charge is 0.193 e. The molecule has 0 radical (unpaired) electrons. The molecule has 4 rings (SSSR count). The molecule has 182 valence electrons. The maximum atomic E-state index is 7.46. The van der Waals surface area contributed by atoms with E-state index in [9.17, 15) is 0 Å². The van der Waals surface area contributed by atoms with Gasteiger partial charge in [-0.25, -0.2) is 0 Å². The lowest BCUT2D eigenvalue weighted by molar-refractivity contribution is 0.0286. The molecule has 6 nitrogen and oxygen atoms in total. The molecule has 34 heavy (non-hydrogen) atoms. The fourth-order valence-electron chi connectivity index (χ4n) is 4.49. The summed E-state index contributed by atoms with van der Waals surface area (Å²) >= 11 is 0. The molecule has 0 aliphatic carbocycles. The Balaban J connectivity index is 1.71. The zero-order chi connectivity index (χ0) is 24.4. The van der Waals surface area contributed by atoms with Crippen LogP contribution in [0.5, 0.6) is 0 Å². The molecule has 2 atom stereocenters. The summed E-state index contributed by atoms with van der Waals surface area (Å²) in [5.41, 5.74) is 2.59. The van der Waals surface area contributed by atoms with Gasteiger partial charge in [0.2, 0.25) is 0 Å². The Hall–Kier alpha value is -2.32. The van der Waals surface area contributed by atoms with E-state index in [1.165, 1.54) is 11.1 Å². The van der Waals surface area contributed by atoms with Crippen molar-refractivity contribution >= 4 is 8.32 Å². The number of aryl methyl sites for hydroxylation is 1. The highest BCUT2D eigenvalue weighted by Crippen LogP contribution is 2.47. The Bertz CT molecular complexity index is 1020. The fraction of sp³-hybridized carbons (Fsp3) is 0.481. The first-order valence-corrected chi connectivity index (χ1v) is 15.0. The standard InChI is InChI=1S/C27H38N4O2Si/c1-26(2,3)34(5,6)33-27(21-13-9-7-10-14-21,22-15-11-8-12-16-22)25-17-24(18-28-25)32-20-23-19-31(4)30-29-23/h7-16,19,24-25,28H,17-18,20H2,1-6H3/t24-,25-/m0/s1. The van der Waals surface area contributed by atoms with Crippen LogP contribution < -0.4 is 5.32 Å². The summed E-state index contributed by atoms with van der Waals surface area (Å²) in [6, 6.07) is 21.5. The molecular formula is C27H38N4O2Si. The molecule has 1 saturated heterocycles. The number of ether oxygens (including phenoxy) is 1. The van der Waals surface area contributed by atoms with Gasteiger partial charge < -0.3 is 14.5 Å². The van der Waals surface area contributed by atoms with Gasteiger partial charge in [-0.15, -0.1) is 5.10 Å². The first-order valence-electron chi connectivity index (χ1n) is 12.1. The lowest BCUT2D eigenvalue weighted by atomic mass is 9.79. The lowest BCUT2D eigenvalue weighted by Gasteiger charge is -2.49. The molecule has 1 fully saturated rings. The fourth-order valence-corrected chi connectivity index (χ4v) is 5.98. The first kappa shape index (κ1) is 24.8. The number of aromatic nitrogens is 3. The number of benzene rings is 2. The van der Waals surface area contributed by atoms with Crippen molar-refractivity contribution in [3.8, 4) is 0 Å². The van der Waals surface area contributed by atoms with E-state index in [-0.39, 0.29) is 17.2 Å². The maximum absolute atomic E-state index is 7.46. The van der Waals surface area contributed by atoms with E-state index in [1.54, 1.807) is 4.68 Å². The Morgan fingerprint density at radius 3 is 2.09 bits per heavy atom. The molecule has 1 aliphatic heterocycles. The highest BCUT2D eigenvalue weighted by Gasteiger charge is 2.52. The molecule has 3 aromatic rings. The van der Waals surface area contributed by atoms with E-state index in [2.05, 4.69) is 110 Å². The van der Waals surface area contributed by atoms with Gasteiger partial charge in [0.15, 0.2) is 8.32 Å². The van der Waals surface area contributed by atoms with Gasteiger partial charge in [-0.1, -0.05) is 86.6 Å². The van der Waals surface area contributed by atoms with Gasteiger partial charge in [0.05, 0.1) is 18.9 Å². The number of nitrogens with one attached hydrogen (secondary N) is 1. The van der Waals surface area contributed by atoms with E-state index < -0.39 is 13.9 Å². The second kappa shape index (κ2) is 9.74. The van der Waals surface area contributed by atoms with Crippen LogP contribution in [0.2, 0.25) is 18.1 Å². The van der Waals surface area contributed by atoms with Crippen LogP contribution in [-0.4, -0.2) is 42.0 Å². The van der Waals surface area contributed by atoms with Crippen LogP contribution in [0.15, 0.2) is 66.9 Å². The van der Waals surface area contributed by atoms with Crippen molar-refractivity contribution in [3.05, 3.63) is 83.7 Å². The summed E-state index contributed by atoms with van der Waals surface area (Å²) < 4.78 is 15.4. The summed E-state index contributed by atoms with van der Waals surface area (Å²) in [7, 11) is -0.295. The molecule has 0 amide bonds. The monoisotopic (exact) mass is 478 g/mol. The molecule has 0 unspecified atom stereocenters. The predicted octanol–water partition coefficient (Wildman–Crippen LogP) is 5.03. The largest absolute Gasteiger partial charge is 0.402 e. The molecule has 2 heterocycles. The van der Waals surface area contributed by atoms with E-state index in [0.29, 0.717) is 6.61 Å². The SMILES string of the molecule is Cn1cc(CO[C@@H]2CN[C@H](C(O[Si](C)(C)C(C)(C)C)(c3ccccc3)c3ccccc3)C2)nn1. The average molecular weight is 479 g/mol. The average Bonchev–Trinajstić information content (AvgIpc) is 3.45. The van der Waals surface area contributed by atoms with Crippen molar-refractivity contribution in [2.75, 3.05) is 6.54 Å². The number of hydrogen-bond acceptors (Lipinski definition) is 5. The molecule has 0 bridgehead atoms. The minimum Gasteiger partial charge on any atom is -0.402 e. The Labute approximate surface area is 204 Å². The molecule has 0 spiro atoms. The second-order valence-electron chi connectivity index (χ2n) is 10.8. The van der Waals surface area contributed by atoms with Crippen molar-refractivity contribution in [2.45, 2.75) is 69.7 Å². The molecule has 7 heteroatoms. The van der Waals surface area contributed by atoms with E-state index in [1.807, 2.05) is 13.2 Å². The van der Waals surface area contributed by atoms with Gasteiger partial charge in [-0.2, -0.15) is 0 Å². The predicted molar refractivity (Wildman–Crippen MR) is 138 cm³/mol. The Morgan fingerprint density at radius 2 is 1.59 bits per heavy atom. The maximum Gasteiger partial charge on any atom is 0.193 e. The molecular weight excluding hydrogens is 440 g/mol. The quantitative estimate of drug-likeness (QED) is 0.460. The molecule has 1 N–H and O–H groups in total. The van der Waals surface area contributed by atoms with Gasteiger partial charge in [-0.3, -0.25) is 4.68 Å². The minimum atomic E-state index is -2.17. The third-order valence-corrected chi connectivity index (χ3v) is 11.8. The number of nitrogens with zero attached hydrogens (tertiary/aromatic N) is 3. The van der Waals surface area contributed by atoms with Crippen LogP contribution in [0.1, 0.15) is 44.0 Å². The first-order chi connectivity index (χ1) is 16.1. The van der Waals surface area contributed by atoms with Crippen molar-refractivity contribution < 1.29 is 9.16 Å². The zero-order valence-electron chi connectivity index (χ0n) is 21.3. The van der Waals surface area contributed by atoms with E-state index >= 15 is 0 Å². The van der Waals surface area contributed by atoms with Crippen LogP contribution in [0.3, 0.4) is 0 Å². The van der Waals surface area contributed by atoms with Gasteiger partial charge in [-0.05, 0) is 35.7 Å². The summed E-state index contributed by atoms with van der Waals surface area (Å²) in [6.07, 6.45) is 2.82. The van der Waals surface area contributed by atoms with Crippen LogP contribution in [-0.2, 0) is 28.4 Å². The summed E-state index contributed by atoms with van der Waals surface area (Å²) in [5, 5.41) is 12.0. The van der Waals surface area contributed by atoms with Crippen LogP contribution in [0.4, 0.5) is 0 Å². The van der Waals surface area contributed by atoms with E-state index in [0.717, 1.165) is 18.7 Å². The number of rotatable bonds is 8. The summed E-state index contributed by atoms with van der Waals surface area (Å²) in [6.45, 7) is 12.8. The van der Waals surface area contributed by atoms with Gasteiger partial charge in [0.25, 0.3) is 0 Å². The Morgan fingerprint density at radius 1 is 1.00 bits per heavy atom. The highest BCUT2D eigenvalue weighted by atomic mass is 28.4. The van der Waals surface area contributed by atoms with Gasteiger partial charge >= 0.3 is 0 Å². The van der Waals surface area contributed by atoms with Crippen molar-refractivity contribution in [2.24, 2.45) is 7.05 Å². The normalized spacial score (nSPS) is 19.5. The van der Waals surface area contributed by atoms with Gasteiger partial charge in [0.1, 0.15) is 11.3 Å². The summed E-state index contributed by atoms with van der Waals surface area (Å²) in [4.78, 5) is 0. The molecule has 1 aromatic heterocycles. The van der Waals surface area contributed by atoms with Crippen molar-refractivity contribution in [1.29, 1.82) is 0 Å². The van der Waals surface area contributed by atoms with Crippen LogP contribution >= 0.6 is 0 Å². The van der Waals surface area contributed by atoms with Crippen molar-refractivity contribution in [1.82, 2.24) is 20.3 Å². The van der Waals surface area contributed by atoms with Crippen LogP contribution in [0.25, 0.3) is 0 Å². The summed E-state index contributed by atoms with van der Waals surface area (Å²) in [5.74, 6) is 0. The zero-order valence-corrected chi connectivity index (χ0v) is 22.3. The third kappa shape index (κ3) is 5.03. The van der Waals surface area contributed by atoms with Crippen molar-refractivity contribution in [3.63, 3.8) is 0 Å².